The highest BCUT2D eigenvalue weighted by atomic mass is 16.3. The molecule has 0 spiro atoms. The van der Waals surface area contributed by atoms with Crippen molar-refractivity contribution in [2.45, 2.75) is 71.3 Å². The minimum atomic E-state index is -0.211. The first-order valence-corrected chi connectivity index (χ1v) is 8.28. The van der Waals surface area contributed by atoms with E-state index in [1.54, 1.807) is 0 Å². The maximum atomic E-state index is 10.4. The fraction of sp³-hybridized carbons (Fsp3) is 0.722. The van der Waals surface area contributed by atoms with Gasteiger partial charge in [0.15, 0.2) is 0 Å². The van der Waals surface area contributed by atoms with E-state index in [-0.39, 0.29) is 6.10 Å². The van der Waals surface area contributed by atoms with E-state index in [0.717, 1.165) is 11.6 Å². The molecule has 2 rings (SSSR count). The van der Waals surface area contributed by atoms with Gasteiger partial charge in [-0.05, 0) is 43.2 Å². The van der Waals surface area contributed by atoms with Gasteiger partial charge in [-0.25, -0.2) is 0 Å². The largest absolute Gasteiger partial charge is 0.392 e. The van der Waals surface area contributed by atoms with Gasteiger partial charge >= 0.3 is 0 Å². The van der Waals surface area contributed by atoms with Crippen LogP contribution in [0.2, 0.25) is 0 Å². The summed E-state index contributed by atoms with van der Waals surface area (Å²) in [5, 5.41) is 10.4. The predicted octanol–water partition coefficient (Wildman–Crippen LogP) is 4.29. The molecule has 2 nitrogen and oxygen atoms in total. The van der Waals surface area contributed by atoms with Gasteiger partial charge in [0.25, 0.3) is 0 Å². The van der Waals surface area contributed by atoms with Crippen LogP contribution in [0.25, 0.3) is 0 Å². The van der Waals surface area contributed by atoms with Gasteiger partial charge in [-0.15, -0.1) is 0 Å². The number of rotatable bonds is 6. The summed E-state index contributed by atoms with van der Waals surface area (Å²) in [6.07, 6.45) is 11.5. The van der Waals surface area contributed by atoms with E-state index in [0.29, 0.717) is 12.3 Å². The molecule has 1 heterocycles. The number of aryl methyl sites for hydroxylation is 1. The Kier molecular flexibility index (Phi) is 6.03. The summed E-state index contributed by atoms with van der Waals surface area (Å²) >= 11 is 0. The van der Waals surface area contributed by atoms with Crippen molar-refractivity contribution >= 4 is 0 Å². The first-order chi connectivity index (χ1) is 9.69. The lowest BCUT2D eigenvalue weighted by Crippen LogP contribution is -2.27. The molecule has 1 N–H and O–H groups in total. The minimum Gasteiger partial charge on any atom is -0.392 e. The summed E-state index contributed by atoms with van der Waals surface area (Å²) in [5.41, 5.74) is 2.20. The van der Waals surface area contributed by atoms with Crippen LogP contribution >= 0.6 is 0 Å². The Morgan fingerprint density at radius 3 is 2.60 bits per heavy atom. The summed E-state index contributed by atoms with van der Waals surface area (Å²) < 4.78 is 0. The maximum Gasteiger partial charge on any atom is 0.0623 e. The number of aliphatic hydroxyl groups excluding tert-OH is 1. The van der Waals surface area contributed by atoms with Crippen LogP contribution in [0.3, 0.4) is 0 Å². The van der Waals surface area contributed by atoms with Crippen LogP contribution in [-0.2, 0) is 6.42 Å². The van der Waals surface area contributed by atoms with Crippen LogP contribution in [0.15, 0.2) is 18.3 Å². The SMILES string of the molecule is CCCCC1CCC(C(O)Cc2ccc(C)cn2)CC1. The molecule has 0 bridgehead atoms. The van der Waals surface area contributed by atoms with Crippen LogP contribution in [-0.4, -0.2) is 16.2 Å². The van der Waals surface area contributed by atoms with Gasteiger partial charge in [0.2, 0.25) is 0 Å². The Bertz CT molecular complexity index is 379. The van der Waals surface area contributed by atoms with Crippen molar-refractivity contribution in [2.75, 3.05) is 0 Å². The number of nitrogens with zero attached hydrogens (tertiary/aromatic N) is 1. The fourth-order valence-electron chi connectivity index (χ4n) is 3.35. The summed E-state index contributed by atoms with van der Waals surface area (Å²) in [6, 6.07) is 4.13. The van der Waals surface area contributed by atoms with Crippen molar-refractivity contribution in [3.05, 3.63) is 29.6 Å². The number of hydrogen-bond acceptors (Lipinski definition) is 2. The zero-order valence-electron chi connectivity index (χ0n) is 13.0. The normalized spacial score (nSPS) is 24.6. The zero-order chi connectivity index (χ0) is 14.4. The summed E-state index contributed by atoms with van der Waals surface area (Å²) in [6.45, 7) is 4.31. The van der Waals surface area contributed by atoms with Crippen LogP contribution < -0.4 is 0 Å². The molecule has 1 aromatic heterocycles. The molecule has 1 saturated carbocycles. The standard InChI is InChI=1S/C18H29NO/c1-3-4-5-15-7-9-16(10-8-15)18(20)12-17-11-6-14(2)13-19-17/h6,11,13,15-16,18,20H,3-5,7-10,12H2,1-2H3. The summed E-state index contributed by atoms with van der Waals surface area (Å²) in [5.74, 6) is 1.40. The molecule has 0 aromatic carbocycles. The number of aliphatic hydroxyl groups is 1. The van der Waals surface area contributed by atoms with Crippen molar-refractivity contribution < 1.29 is 5.11 Å². The molecular weight excluding hydrogens is 246 g/mol. The molecule has 2 heteroatoms. The lowest BCUT2D eigenvalue weighted by atomic mass is 9.77. The zero-order valence-corrected chi connectivity index (χ0v) is 13.0. The molecule has 1 fully saturated rings. The third kappa shape index (κ3) is 4.59. The molecule has 0 radical (unpaired) electrons. The third-order valence-corrected chi connectivity index (χ3v) is 4.79. The quantitative estimate of drug-likeness (QED) is 0.840. The monoisotopic (exact) mass is 275 g/mol. The predicted molar refractivity (Wildman–Crippen MR) is 83.7 cm³/mol. The summed E-state index contributed by atoms with van der Waals surface area (Å²) in [7, 11) is 0. The maximum absolute atomic E-state index is 10.4. The lowest BCUT2D eigenvalue weighted by molar-refractivity contribution is 0.0719. The van der Waals surface area contributed by atoms with Gasteiger partial charge in [-0.3, -0.25) is 4.98 Å². The van der Waals surface area contributed by atoms with Crippen LogP contribution in [0.5, 0.6) is 0 Å². The molecule has 1 atom stereocenters. The average Bonchev–Trinajstić information content (AvgIpc) is 2.48. The van der Waals surface area contributed by atoms with Crippen LogP contribution in [0, 0.1) is 18.8 Å². The van der Waals surface area contributed by atoms with Gasteiger partial charge in [0.1, 0.15) is 0 Å². The second-order valence-electron chi connectivity index (χ2n) is 6.52. The number of hydrogen-bond donors (Lipinski definition) is 1. The van der Waals surface area contributed by atoms with Crippen molar-refractivity contribution in [3.8, 4) is 0 Å². The first-order valence-electron chi connectivity index (χ1n) is 8.28. The molecular formula is C18H29NO. The first kappa shape index (κ1) is 15.5. The van der Waals surface area contributed by atoms with E-state index < -0.39 is 0 Å². The number of unbranched alkanes of at least 4 members (excludes halogenated alkanes) is 1. The lowest BCUT2D eigenvalue weighted by Gasteiger charge is -2.31. The average molecular weight is 275 g/mol. The van der Waals surface area contributed by atoms with E-state index in [9.17, 15) is 5.11 Å². The minimum absolute atomic E-state index is 0.211. The van der Waals surface area contributed by atoms with Gasteiger partial charge in [-0.2, -0.15) is 0 Å². The van der Waals surface area contributed by atoms with E-state index in [4.69, 9.17) is 0 Å². The van der Waals surface area contributed by atoms with E-state index in [1.807, 2.05) is 19.2 Å². The van der Waals surface area contributed by atoms with Crippen molar-refractivity contribution in [2.24, 2.45) is 11.8 Å². The highest BCUT2D eigenvalue weighted by Crippen LogP contribution is 2.34. The molecule has 0 saturated heterocycles. The Hall–Kier alpha value is -0.890. The molecule has 1 aliphatic rings. The molecule has 0 aliphatic heterocycles. The van der Waals surface area contributed by atoms with Crippen LogP contribution in [0.4, 0.5) is 0 Å². The fourth-order valence-corrected chi connectivity index (χ4v) is 3.35. The van der Waals surface area contributed by atoms with E-state index in [2.05, 4.69) is 18.0 Å². The number of aromatic nitrogens is 1. The van der Waals surface area contributed by atoms with Gasteiger partial charge in [-0.1, -0.05) is 45.1 Å². The molecule has 1 unspecified atom stereocenters. The summed E-state index contributed by atoms with van der Waals surface area (Å²) in [4.78, 5) is 4.41. The molecule has 1 aromatic rings. The smallest absolute Gasteiger partial charge is 0.0623 e. The Morgan fingerprint density at radius 2 is 2.00 bits per heavy atom. The van der Waals surface area contributed by atoms with E-state index in [1.165, 1.54) is 50.5 Å². The second-order valence-corrected chi connectivity index (χ2v) is 6.52. The van der Waals surface area contributed by atoms with Crippen molar-refractivity contribution in [3.63, 3.8) is 0 Å². The molecule has 1 aliphatic carbocycles. The van der Waals surface area contributed by atoms with Crippen LogP contribution in [0.1, 0.15) is 63.1 Å². The Labute approximate surface area is 123 Å². The topological polar surface area (TPSA) is 33.1 Å². The van der Waals surface area contributed by atoms with Gasteiger partial charge in [0.05, 0.1) is 6.10 Å². The Balaban J connectivity index is 1.76. The molecule has 0 amide bonds. The van der Waals surface area contributed by atoms with Gasteiger partial charge in [0, 0.05) is 18.3 Å². The van der Waals surface area contributed by atoms with Crippen molar-refractivity contribution in [1.29, 1.82) is 0 Å². The van der Waals surface area contributed by atoms with Gasteiger partial charge < -0.3 is 5.11 Å². The van der Waals surface area contributed by atoms with Crippen molar-refractivity contribution in [1.82, 2.24) is 4.98 Å². The molecule has 112 valence electrons. The second kappa shape index (κ2) is 7.78. The highest BCUT2D eigenvalue weighted by molar-refractivity contribution is 5.12. The third-order valence-electron chi connectivity index (χ3n) is 4.79. The Morgan fingerprint density at radius 1 is 1.25 bits per heavy atom. The molecule has 20 heavy (non-hydrogen) atoms. The highest BCUT2D eigenvalue weighted by Gasteiger charge is 2.26. The number of pyridine rings is 1. The van der Waals surface area contributed by atoms with E-state index >= 15 is 0 Å².